The van der Waals surface area contributed by atoms with Gasteiger partial charge < -0.3 is 0 Å². The van der Waals surface area contributed by atoms with Gasteiger partial charge >= 0.3 is 0 Å². The van der Waals surface area contributed by atoms with Gasteiger partial charge in [0.15, 0.2) is 0 Å². The van der Waals surface area contributed by atoms with E-state index in [9.17, 15) is 0 Å². The Balaban J connectivity index is 2.17. The van der Waals surface area contributed by atoms with Gasteiger partial charge in [0.05, 0.1) is 11.9 Å². The summed E-state index contributed by atoms with van der Waals surface area (Å²) in [6.07, 6.45) is 11.5. The van der Waals surface area contributed by atoms with E-state index >= 15 is 0 Å². The van der Waals surface area contributed by atoms with E-state index in [1.165, 1.54) is 5.56 Å². The second-order valence-electron chi connectivity index (χ2n) is 2.88. The number of anilines is 1. The van der Waals surface area contributed by atoms with Crippen molar-refractivity contribution in [1.29, 1.82) is 0 Å². The summed E-state index contributed by atoms with van der Waals surface area (Å²) in [7, 11) is 0. The third-order valence-corrected chi connectivity index (χ3v) is 2.13. The maximum absolute atomic E-state index is 4.09. The number of fused-ring (bicyclic) bond motifs is 3. The van der Waals surface area contributed by atoms with E-state index < -0.39 is 0 Å². The molecule has 3 heterocycles. The largest absolute Gasteiger partial charge is 0.285 e. The van der Waals surface area contributed by atoms with Crippen LogP contribution in [0.2, 0.25) is 0 Å². The quantitative estimate of drug-likeness (QED) is 0.634. The van der Waals surface area contributed by atoms with Crippen molar-refractivity contribution in [2.75, 3.05) is 5.01 Å². The van der Waals surface area contributed by atoms with E-state index in [0.717, 1.165) is 5.69 Å². The Morgan fingerprint density at radius 1 is 1.31 bits per heavy atom. The van der Waals surface area contributed by atoms with Crippen LogP contribution in [-0.4, -0.2) is 10.1 Å². The summed E-state index contributed by atoms with van der Waals surface area (Å²) in [6.45, 7) is 0. The number of aromatic nitrogens is 1. The van der Waals surface area contributed by atoms with Crippen LogP contribution >= 0.6 is 0 Å². The van der Waals surface area contributed by atoms with Gasteiger partial charge in [-0.1, -0.05) is 0 Å². The molecule has 4 nitrogen and oxygen atoms in total. The van der Waals surface area contributed by atoms with Crippen molar-refractivity contribution in [3.63, 3.8) is 0 Å². The van der Waals surface area contributed by atoms with E-state index in [0.29, 0.717) is 0 Å². The fourth-order valence-corrected chi connectivity index (χ4v) is 1.51. The van der Waals surface area contributed by atoms with Crippen molar-refractivity contribution in [2.24, 2.45) is 0 Å². The van der Waals surface area contributed by atoms with Gasteiger partial charge in [0.25, 0.3) is 0 Å². The lowest BCUT2D eigenvalue weighted by Crippen LogP contribution is -2.38. The molecule has 4 heteroatoms. The Hall–Kier alpha value is -1.97. The number of nitrogens with one attached hydrogen (secondary N) is 1. The Morgan fingerprint density at radius 3 is 3.31 bits per heavy atom. The van der Waals surface area contributed by atoms with E-state index in [-0.39, 0.29) is 0 Å². The zero-order valence-electron chi connectivity index (χ0n) is 6.88. The van der Waals surface area contributed by atoms with Gasteiger partial charge in [-0.05, 0) is 12.1 Å². The Morgan fingerprint density at radius 2 is 2.31 bits per heavy atom. The zero-order valence-corrected chi connectivity index (χ0v) is 6.88. The highest BCUT2D eigenvalue weighted by Crippen LogP contribution is 2.27. The van der Waals surface area contributed by atoms with Gasteiger partial charge in [-0.15, -0.1) is 0 Å². The third-order valence-electron chi connectivity index (χ3n) is 2.13. The molecule has 0 saturated carbocycles. The molecule has 0 atom stereocenters. The minimum absolute atomic E-state index is 1.09. The molecule has 64 valence electrons. The highest BCUT2D eigenvalue weighted by atomic mass is 15.8. The Labute approximate surface area is 75.7 Å². The molecule has 0 bridgehead atoms. The molecule has 0 saturated heterocycles. The maximum atomic E-state index is 4.09. The van der Waals surface area contributed by atoms with Gasteiger partial charge in [0.2, 0.25) is 0 Å². The van der Waals surface area contributed by atoms with Gasteiger partial charge in [-0.25, -0.2) is 5.01 Å². The molecule has 1 N–H and O–H groups in total. The fraction of sp³-hybridized carbons (Fsp3) is 0. The number of nitrogens with zero attached hydrogens (tertiary/aromatic N) is 3. The molecular weight excluding hydrogens is 164 g/mol. The molecule has 0 spiro atoms. The lowest BCUT2D eigenvalue weighted by atomic mass is 10.2. The highest BCUT2D eigenvalue weighted by molar-refractivity contribution is 5.70. The maximum Gasteiger partial charge on any atom is 0.0901 e. The molecule has 13 heavy (non-hydrogen) atoms. The molecule has 0 aliphatic carbocycles. The topological polar surface area (TPSA) is 31.4 Å². The second-order valence-corrected chi connectivity index (χ2v) is 2.88. The zero-order chi connectivity index (χ0) is 8.67. The number of hydrogen-bond acceptors (Lipinski definition) is 4. The molecule has 1 aromatic heterocycles. The van der Waals surface area contributed by atoms with E-state index in [2.05, 4.69) is 10.4 Å². The molecule has 2 aliphatic rings. The van der Waals surface area contributed by atoms with Crippen molar-refractivity contribution in [2.45, 2.75) is 0 Å². The molecule has 0 amide bonds. The minimum atomic E-state index is 1.09. The van der Waals surface area contributed by atoms with Crippen molar-refractivity contribution >= 4 is 11.8 Å². The molecule has 0 aromatic carbocycles. The number of rotatable bonds is 0. The lowest BCUT2D eigenvalue weighted by Gasteiger charge is -2.30. The summed E-state index contributed by atoms with van der Waals surface area (Å²) in [6, 6.07) is 2.00. The van der Waals surface area contributed by atoms with Crippen LogP contribution in [0.4, 0.5) is 5.69 Å². The van der Waals surface area contributed by atoms with Crippen LogP contribution in [0.15, 0.2) is 37.1 Å². The smallest absolute Gasteiger partial charge is 0.0901 e. The average molecular weight is 172 g/mol. The average Bonchev–Trinajstić information content (AvgIpc) is 2.65. The van der Waals surface area contributed by atoms with Crippen molar-refractivity contribution in [1.82, 2.24) is 15.5 Å². The first-order valence-electron chi connectivity index (χ1n) is 4.08. The summed E-state index contributed by atoms with van der Waals surface area (Å²) < 4.78 is 0. The van der Waals surface area contributed by atoms with Crippen LogP contribution in [-0.2, 0) is 0 Å². The Kier molecular flexibility index (Phi) is 1.14. The molecule has 0 fully saturated rings. The predicted molar refractivity (Wildman–Crippen MR) is 49.9 cm³/mol. The van der Waals surface area contributed by atoms with Gasteiger partial charge in [-0.3, -0.25) is 10.4 Å². The number of hydrazine groups is 2. The minimum Gasteiger partial charge on any atom is -0.285 e. The summed E-state index contributed by atoms with van der Waals surface area (Å²) in [4.78, 5) is 4.09. The summed E-state index contributed by atoms with van der Waals surface area (Å²) in [5, 5.41) is 3.90. The SMILES string of the molecule is C1=CN2c3cnccc3C=CN2N1. The first kappa shape index (κ1) is 6.54. The molecule has 0 unspecified atom stereocenters. The number of hydrogen-bond donors (Lipinski definition) is 1. The van der Waals surface area contributed by atoms with E-state index in [1.54, 1.807) is 6.20 Å². The van der Waals surface area contributed by atoms with Crippen LogP contribution in [0.1, 0.15) is 5.56 Å². The number of pyridine rings is 1. The summed E-state index contributed by atoms with van der Waals surface area (Å²) in [5.74, 6) is 0. The van der Waals surface area contributed by atoms with Crippen LogP contribution in [0.25, 0.3) is 6.08 Å². The molecule has 2 aliphatic heterocycles. The first-order chi connectivity index (χ1) is 6.45. The van der Waals surface area contributed by atoms with Crippen molar-refractivity contribution in [3.8, 4) is 0 Å². The lowest BCUT2D eigenvalue weighted by molar-refractivity contribution is 0.343. The standard InChI is InChI=1S/C9H8N4/c1-3-10-7-9-8(1)2-5-13-11-4-6-12(9)13/h1-7,11H. The Bertz CT molecular complexity index is 396. The second kappa shape index (κ2) is 2.26. The monoisotopic (exact) mass is 172 g/mol. The molecule has 0 radical (unpaired) electrons. The molecular formula is C9H8N4. The van der Waals surface area contributed by atoms with Crippen LogP contribution in [0, 0.1) is 0 Å². The summed E-state index contributed by atoms with van der Waals surface area (Å²) >= 11 is 0. The normalized spacial score (nSPS) is 16.9. The van der Waals surface area contributed by atoms with Gasteiger partial charge in [0, 0.05) is 30.4 Å². The highest BCUT2D eigenvalue weighted by Gasteiger charge is 2.19. The van der Waals surface area contributed by atoms with Crippen molar-refractivity contribution in [3.05, 3.63) is 42.6 Å². The van der Waals surface area contributed by atoms with E-state index in [1.807, 2.05) is 47.1 Å². The van der Waals surface area contributed by atoms with Crippen LogP contribution in [0.3, 0.4) is 0 Å². The third kappa shape index (κ3) is 0.823. The van der Waals surface area contributed by atoms with Crippen molar-refractivity contribution < 1.29 is 0 Å². The van der Waals surface area contributed by atoms with E-state index in [4.69, 9.17) is 0 Å². The van der Waals surface area contributed by atoms with Gasteiger partial charge in [0.1, 0.15) is 0 Å². The fourth-order valence-electron chi connectivity index (χ4n) is 1.51. The van der Waals surface area contributed by atoms with Gasteiger partial charge in [-0.2, -0.15) is 5.12 Å². The summed E-state index contributed by atoms with van der Waals surface area (Å²) in [5.41, 5.74) is 5.33. The van der Waals surface area contributed by atoms with Crippen LogP contribution in [0.5, 0.6) is 0 Å². The predicted octanol–water partition coefficient (Wildman–Crippen LogP) is 1.08. The first-order valence-corrected chi connectivity index (χ1v) is 4.08. The molecule has 1 aromatic rings. The van der Waals surface area contributed by atoms with Crippen LogP contribution < -0.4 is 10.4 Å². The molecule has 3 rings (SSSR count).